The van der Waals surface area contributed by atoms with Crippen LogP contribution in [0.2, 0.25) is 0 Å². The second-order valence-corrected chi connectivity index (χ2v) is 14.9. The summed E-state index contributed by atoms with van der Waals surface area (Å²) >= 11 is 0. The number of nitrogens with zero attached hydrogens (tertiary/aromatic N) is 3. The maximum absolute atomic E-state index is 7.18. The van der Waals surface area contributed by atoms with Crippen molar-refractivity contribution in [3.63, 3.8) is 0 Å². The maximum atomic E-state index is 7.18. The van der Waals surface area contributed by atoms with E-state index < -0.39 is 0 Å². The molecule has 0 bridgehead atoms. The standard InChI is InChI=1S/C50H30BN3O2/c1-2-14-31(15-3-1)54-44-25-13-8-20-38(44)49-50(54)51-39-27-26-32(52-40-21-9-4-16-34(40)35-17-5-10-22-41(35)52)28-45(39)55-46-29-33(30-47(56-49)48(46)51)53-42-23-11-6-18-36(42)37-19-7-12-24-43(37)53/h1-30H. The quantitative estimate of drug-likeness (QED) is 0.171. The van der Waals surface area contributed by atoms with Crippen molar-refractivity contribution in [2.24, 2.45) is 0 Å². The van der Waals surface area contributed by atoms with Crippen LogP contribution in [-0.4, -0.2) is 20.4 Å². The first kappa shape index (κ1) is 30.0. The molecule has 5 heterocycles. The van der Waals surface area contributed by atoms with Gasteiger partial charge in [0.05, 0.1) is 33.3 Å². The summed E-state index contributed by atoms with van der Waals surface area (Å²) < 4.78 is 21.4. The van der Waals surface area contributed by atoms with E-state index in [2.05, 4.69) is 196 Å². The van der Waals surface area contributed by atoms with Crippen molar-refractivity contribution in [2.45, 2.75) is 0 Å². The van der Waals surface area contributed by atoms with E-state index in [0.29, 0.717) is 0 Å². The summed E-state index contributed by atoms with van der Waals surface area (Å²) in [4.78, 5) is 0. The third kappa shape index (κ3) is 3.94. The Bertz CT molecular complexity index is 3340. The van der Waals surface area contributed by atoms with Crippen LogP contribution in [0.3, 0.4) is 0 Å². The number of para-hydroxylation sites is 6. The van der Waals surface area contributed by atoms with E-state index in [1.54, 1.807) is 0 Å². The van der Waals surface area contributed by atoms with E-state index in [1.165, 1.54) is 32.6 Å². The van der Waals surface area contributed by atoms with Gasteiger partial charge >= 0.3 is 0 Å². The molecule has 0 saturated carbocycles. The minimum Gasteiger partial charge on any atom is -0.458 e. The summed E-state index contributed by atoms with van der Waals surface area (Å²) in [5.41, 5.74) is 12.1. The van der Waals surface area contributed by atoms with E-state index in [1.807, 2.05) is 0 Å². The molecule has 13 rings (SSSR count). The molecule has 0 N–H and O–H groups in total. The van der Waals surface area contributed by atoms with Crippen LogP contribution in [-0.2, 0) is 0 Å². The molecule has 6 heteroatoms. The molecule has 2 aliphatic rings. The Morgan fingerprint density at radius 3 is 1.36 bits per heavy atom. The fourth-order valence-electron chi connectivity index (χ4n) is 9.68. The van der Waals surface area contributed by atoms with Gasteiger partial charge in [-0.2, -0.15) is 0 Å². The third-order valence-electron chi connectivity index (χ3n) is 11.9. The SMILES string of the molecule is c1ccc(-n2c3c(c4ccccc42)Oc2cc(-n4c5ccccc5c5ccccc54)cc4c2B3c2ccc(-n3c5ccccc5c5ccccc53)cc2O4)cc1. The second kappa shape index (κ2) is 11.1. The maximum Gasteiger partial charge on any atom is 0.281 e. The van der Waals surface area contributed by atoms with Gasteiger partial charge in [0, 0.05) is 67.6 Å². The third-order valence-corrected chi connectivity index (χ3v) is 11.9. The molecule has 3 aromatic heterocycles. The first-order valence-corrected chi connectivity index (χ1v) is 19.1. The fourth-order valence-corrected chi connectivity index (χ4v) is 9.68. The van der Waals surface area contributed by atoms with Gasteiger partial charge < -0.3 is 23.2 Å². The highest BCUT2D eigenvalue weighted by molar-refractivity contribution is 6.98. The highest BCUT2D eigenvalue weighted by Crippen LogP contribution is 2.43. The van der Waals surface area contributed by atoms with Crippen LogP contribution in [0.1, 0.15) is 0 Å². The van der Waals surface area contributed by atoms with Crippen molar-refractivity contribution in [2.75, 3.05) is 0 Å². The number of hydrogen-bond donors (Lipinski definition) is 0. The van der Waals surface area contributed by atoms with Crippen molar-refractivity contribution in [1.82, 2.24) is 13.7 Å². The van der Waals surface area contributed by atoms with Crippen molar-refractivity contribution >= 4 is 77.7 Å². The molecule has 0 fully saturated rings. The Kier molecular flexibility index (Phi) is 5.92. The van der Waals surface area contributed by atoms with Crippen LogP contribution in [0.15, 0.2) is 182 Å². The van der Waals surface area contributed by atoms with Gasteiger partial charge in [0.25, 0.3) is 6.71 Å². The largest absolute Gasteiger partial charge is 0.458 e. The fraction of sp³-hybridized carbons (Fsp3) is 0. The Balaban J connectivity index is 1.11. The highest BCUT2D eigenvalue weighted by atomic mass is 16.5. The molecule has 0 amide bonds. The Hall–Kier alpha value is -7.44. The lowest BCUT2D eigenvalue weighted by atomic mass is 9.36. The first-order valence-electron chi connectivity index (χ1n) is 19.1. The van der Waals surface area contributed by atoms with Gasteiger partial charge in [-0.15, -0.1) is 0 Å². The molecule has 0 spiro atoms. The molecule has 56 heavy (non-hydrogen) atoms. The molecule has 8 aromatic carbocycles. The summed E-state index contributed by atoms with van der Waals surface area (Å²) in [6, 6.07) is 65.0. The lowest BCUT2D eigenvalue weighted by molar-refractivity contribution is 0.466. The molecule has 0 unspecified atom stereocenters. The molecule has 0 atom stereocenters. The second-order valence-electron chi connectivity index (χ2n) is 14.9. The summed E-state index contributed by atoms with van der Waals surface area (Å²) in [7, 11) is 0. The molecule has 0 radical (unpaired) electrons. The van der Waals surface area contributed by atoms with Crippen LogP contribution in [0.25, 0.3) is 71.6 Å². The molecule has 5 nitrogen and oxygen atoms in total. The number of aromatic nitrogens is 3. The number of fused-ring (bicyclic) bond motifs is 12. The molecule has 0 aliphatic carbocycles. The van der Waals surface area contributed by atoms with Crippen LogP contribution in [0.5, 0.6) is 23.0 Å². The summed E-state index contributed by atoms with van der Waals surface area (Å²) in [6.45, 7) is -0.153. The zero-order valence-electron chi connectivity index (χ0n) is 30.1. The van der Waals surface area contributed by atoms with E-state index in [-0.39, 0.29) is 6.71 Å². The highest BCUT2D eigenvalue weighted by Gasteiger charge is 2.44. The zero-order chi connectivity index (χ0) is 36.5. The van der Waals surface area contributed by atoms with Crippen LogP contribution < -0.4 is 26.0 Å². The molecule has 260 valence electrons. The number of hydrogen-bond acceptors (Lipinski definition) is 2. The smallest absolute Gasteiger partial charge is 0.281 e. The van der Waals surface area contributed by atoms with E-state index in [0.717, 1.165) is 78.5 Å². The Morgan fingerprint density at radius 1 is 0.339 bits per heavy atom. The Labute approximate surface area is 321 Å². The minimum absolute atomic E-state index is 0.153. The predicted octanol–water partition coefficient (Wildman–Crippen LogP) is 10.6. The molecule has 0 saturated heterocycles. The molecule has 11 aromatic rings. The lowest BCUT2D eigenvalue weighted by Crippen LogP contribution is -2.59. The van der Waals surface area contributed by atoms with Gasteiger partial charge in [0.2, 0.25) is 0 Å². The van der Waals surface area contributed by atoms with Crippen molar-refractivity contribution in [3.05, 3.63) is 182 Å². The molecular weight excluding hydrogens is 685 g/mol. The number of rotatable bonds is 3. The summed E-state index contributed by atoms with van der Waals surface area (Å²) in [5, 5.41) is 5.96. The van der Waals surface area contributed by atoms with E-state index in [9.17, 15) is 0 Å². The van der Waals surface area contributed by atoms with Gasteiger partial charge in [0.1, 0.15) is 23.0 Å². The summed E-state index contributed by atoms with van der Waals surface area (Å²) in [6.07, 6.45) is 0. The average Bonchev–Trinajstić information content (AvgIpc) is 3.89. The van der Waals surface area contributed by atoms with Gasteiger partial charge in [-0.25, -0.2) is 0 Å². The van der Waals surface area contributed by atoms with Crippen molar-refractivity contribution in [3.8, 4) is 40.1 Å². The van der Waals surface area contributed by atoms with Crippen LogP contribution in [0.4, 0.5) is 0 Å². The Morgan fingerprint density at radius 2 is 0.786 bits per heavy atom. The normalized spacial score (nSPS) is 12.9. The summed E-state index contributed by atoms with van der Waals surface area (Å²) in [5.74, 6) is 3.33. The average molecular weight is 716 g/mol. The van der Waals surface area contributed by atoms with Gasteiger partial charge in [-0.3, -0.25) is 0 Å². The molecular formula is C50H30BN3O2. The van der Waals surface area contributed by atoms with Crippen molar-refractivity contribution < 1.29 is 9.47 Å². The zero-order valence-corrected chi connectivity index (χ0v) is 30.1. The number of benzene rings is 8. The first-order chi connectivity index (χ1) is 27.8. The van der Waals surface area contributed by atoms with Gasteiger partial charge in [-0.1, -0.05) is 109 Å². The van der Waals surface area contributed by atoms with Crippen LogP contribution in [0, 0.1) is 0 Å². The van der Waals surface area contributed by atoms with E-state index >= 15 is 0 Å². The van der Waals surface area contributed by atoms with Crippen molar-refractivity contribution in [1.29, 1.82) is 0 Å². The lowest BCUT2D eigenvalue weighted by Gasteiger charge is -2.33. The topological polar surface area (TPSA) is 33.2 Å². The van der Waals surface area contributed by atoms with E-state index in [4.69, 9.17) is 9.47 Å². The van der Waals surface area contributed by atoms with Crippen LogP contribution >= 0.6 is 0 Å². The van der Waals surface area contributed by atoms with Gasteiger partial charge in [-0.05, 0) is 60.1 Å². The van der Waals surface area contributed by atoms with Gasteiger partial charge in [0.15, 0.2) is 0 Å². The monoisotopic (exact) mass is 715 g/mol. The minimum atomic E-state index is -0.153. The number of ether oxygens (including phenoxy) is 2. The predicted molar refractivity (Wildman–Crippen MR) is 230 cm³/mol. The molecule has 2 aliphatic heterocycles.